The summed E-state index contributed by atoms with van der Waals surface area (Å²) in [6.07, 6.45) is 0. The Morgan fingerprint density at radius 2 is 1.85 bits per heavy atom. The molecule has 0 unspecified atom stereocenters. The molecule has 0 aromatic heterocycles. The molecule has 0 radical (unpaired) electrons. The Hall–Kier alpha value is -2.34. The van der Waals surface area contributed by atoms with Gasteiger partial charge in [0.25, 0.3) is 11.8 Å². The lowest BCUT2D eigenvalue weighted by Crippen LogP contribution is -2.22. The van der Waals surface area contributed by atoms with Crippen molar-refractivity contribution in [3.05, 3.63) is 58.1 Å². The summed E-state index contributed by atoms with van der Waals surface area (Å²) < 4.78 is 6.70. The summed E-state index contributed by atoms with van der Waals surface area (Å²) in [7, 11) is 1.56. The molecule has 0 heterocycles. The molecule has 0 aliphatic heterocycles. The molecule has 0 atom stereocenters. The third-order valence-corrected chi connectivity index (χ3v) is 4.24. The van der Waals surface area contributed by atoms with Crippen molar-refractivity contribution in [3.8, 4) is 5.75 Å². The van der Waals surface area contributed by atoms with Crippen LogP contribution in [-0.2, 0) is 10.2 Å². The van der Waals surface area contributed by atoms with E-state index in [2.05, 4.69) is 47.3 Å². The molecule has 0 aliphatic carbocycles. The number of hydrogen-bond donors (Lipinski definition) is 2. The van der Waals surface area contributed by atoms with Crippen LogP contribution in [0.25, 0.3) is 0 Å². The average molecular weight is 419 g/mol. The van der Waals surface area contributed by atoms with Gasteiger partial charge in [-0.3, -0.25) is 9.59 Å². The first kappa shape index (κ1) is 20.0. The molecule has 2 N–H and O–H groups in total. The minimum Gasteiger partial charge on any atom is -0.483 e. The van der Waals surface area contributed by atoms with Gasteiger partial charge in [-0.1, -0.05) is 42.8 Å². The van der Waals surface area contributed by atoms with Crippen LogP contribution in [0.5, 0.6) is 5.75 Å². The largest absolute Gasteiger partial charge is 0.483 e. The maximum atomic E-state index is 12.2. The molecule has 138 valence electrons. The number of amides is 2. The SMILES string of the molecule is CNC(=O)c1cccc(NC(=O)COc2ccc(Br)cc2C(C)(C)C)c1. The fourth-order valence-electron chi connectivity index (χ4n) is 2.44. The Morgan fingerprint density at radius 1 is 1.12 bits per heavy atom. The van der Waals surface area contributed by atoms with E-state index in [1.54, 1.807) is 31.3 Å². The summed E-state index contributed by atoms with van der Waals surface area (Å²) in [5.74, 6) is 0.179. The van der Waals surface area contributed by atoms with E-state index >= 15 is 0 Å². The van der Waals surface area contributed by atoms with Crippen LogP contribution < -0.4 is 15.4 Å². The number of carbonyl (C=O) groups excluding carboxylic acids is 2. The predicted molar refractivity (Wildman–Crippen MR) is 107 cm³/mol. The summed E-state index contributed by atoms with van der Waals surface area (Å²) in [6.45, 7) is 6.15. The average Bonchev–Trinajstić information content (AvgIpc) is 2.59. The van der Waals surface area contributed by atoms with Gasteiger partial charge in [-0.25, -0.2) is 0 Å². The van der Waals surface area contributed by atoms with Crippen LogP contribution in [0.1, 0.15) is 36.7 Å². The van der Waals surface area contributed by atoms with Crippen LogP contribution in [0, 0.1) is 0 Å². The van der Waals surface area contributed by atoms with E-state index in [4.69, 9.17) is 4.74 Å². The summed E-state index contributed by atoms with van der Waals surface area (Å²) in [4.78, 5) is 23.9. The molecular formula is C20H23BrN2O3. The summed E-state index contributed by atoms with van der Waals surface area (Å²) in [5.41, 5.74) is 1.93. The Balaban J connectivity index is 2.05. The fourth-order valence-corrected chi connectivity index (χ4v) is 2.80. The topological polar surface area (TPSA) is 67.4 Å². The number of nitrogens with one attached hydrogen (secondary N) is 2. The van der Waals surface area contributed by atoms with Gasteiger partial charge in [-0.2, -0.15) is 0 Å². The first-order valence-electron chi connectivity index (χ1n) is 8.25. The standard InChI is InChI=1S/C20H23BrN2O3/c1-20(2,3)16-11-14(21)8-9-17(16)26-12-18(24)23-15-7-5-6-13(10-15)19(25)22-4/h5-11H,12H2,1-4H3,(H,22,25)(H,23,24). The quantitative estimate of drug-likeness (QED) is 0.766. The first-order chi connectivity index (χ1) is 12.2. The van der Waals surface area contributed by atoms with Gasteiger partial charge in [-0.15, -0.1) is 0 Å². The molecule has 5 nitrogen and oxygen atoms in total. The molecule has 0 bridgehead atoms. The van der Waals surface area contributed by atoms with Gasteiger partial charge < -0.3 is 15.4 Å². The van der Waals surface area contributed by atoms with E-state index in [1.165, 1.54) is 0 Å². The normalized spacial score (nSPS) is 11.0. The zero-order valence-corrected chi connectivity index (χ0v) is 16.9. The smallest absolute Gasteiger partial charge is 0.262 e. The van der Waals surface area contributed by atoms with Gasteiger partial charge in [0, 0.05) is 28.3 Å². The van der Waals surface area contributed by atoms with E-state index in [0.29, 0.717) is 17.0 Å². The van der Waals surface area contributed by atoms with Crippen LogP contribution in [0.3, 0.4) is 0 Å². The Bertz CT molecular complexity index is 813. The highest BCUT2D eigenvalue weighted by atomic mass is 79.9. The minimum atomic E-state index is -0.290. The molecule has 26 heavy (non-hydrogen) atoms. The van der Waals surface area contributed by atoms with Crippen molar-refractivity contribution in [1.82, 2.24) is 5.32 Å². The highest BCUT2D eigenvalue weighted by Gasteiger charge is 2.20. The number of hydrogen-bond acceptors (Lipinski definition) is 3. The molecular weight excluding hydrogens is 396 g/mol. The van der Waals surface area contributed by atoms with Gasteiger partial charge in [0.1, 0.15) is 5.75 Å². The van der Waals surface area contributed by atoms with Crippen molar-refractivity contribution in [3.63, 3.8) is 0 Å². The lowest BCUT2D eigenvalue weighted by atomic mass is 9.86. The number of ether oxygens (including phenoxy) is 1. The lowest BCUT2D eigenvalue weighted by molar-refractivity contribution is -0.118. The Morgan fingerprint density at radius 3 is 2.50 bits per heavy atom. The van der Waals surface area contributed by atoms with Crippen molar-refractivity contribution in [2.75, 3.05) is 19.0 Å². The van der Waals surface area contributed by atoms with Gasteiger partial charge in [0.15, 0.2) is 6.61 Å². The van der Waals surface area contributed by atoms with Crippen molar-refractivity contribution >= 4 is 33.4 Å². The second-order valence-electron chi connectivity index (χ2n) is 6.89. The van der Waals surface area contributed by atoms with Gasteiger partial charge in [-0.05, 0) is 41.8 Å². The third kappa shape index (κ3) is 5.33. The maximum absolute atomic E-state index is 12.2. The Labute approximate surface area is 162 Å². The zero-order chi connectivity index (χ0) is 19.3. The number of carbonyl (C=O) groups is 2. The minimum absolute atomic E-state index is 0.114. The van der Waals surface area contributed by atoms with E-state index in [1.807, 2.05) is 18.2 Å². The maximum Gasteiger partial charge on any atom is 0.262 e. The lowest BCUT2D eigenvalue weighted by Gasteiger charge is -2.23. The summed E-state index contributed by atoms with van der Waals surface area (Å²) in [5, 5.41) is 5.30. The van der Waals surface area contributed by atoms with Crippen molar-refractivity contribution in [2.45, 2.75) is 26.2 Å². The van der Waals surface area contributed by atoms with E-state index in [0.717, 1.165) is 10.0 Å². The summed E-state index contributed by atoms with van der Waals surface area (Å²) in [6, 6.07) is 12.5. The molecule has 2 aromatic rings. The summed E-state index contributed by atoms with van der Waals surface area (Å²) >= 11 is 3.47. The predicted octanol–water partition coefficient (Wildman–Crippen LogP) is 4.12. The number of anilines is 1. The van der Waals surface area contributed by atoms with Crippen LogP contribution in [-0.4, -0.2) is 25.5 Å². The van der Waals surface area contributed by atoms with Crippen molar-refractivity contribution < 1.29 is 14.3 Å². The van der Waals surface area contributed by atoms with Crippen LogP contribution >= 0.6 is 15.9 Å². The van der Waals surface area contributed by atoms with Gasteiger partial charge >= 0.3 is 0 Å². The van der Waals surface area contributed by atoms with Gasteiger partial charge in [0.2, 0.25) is 0 Å². The third-order valence-electron chi connectivity index (χ3n) is 3.74. The molecule has 2 aromatic carbocycles. The molecule has 0 spiro atoms. The molecule has 0 aliphatic rings. The molecule has 0 saturated carbocycles. The highest BCUT2D eigenvalue weighted by molar-refractivity contribution is 9.10. The zero-order valence-electron chi connectivity index (χ0n) is 15.4. The fraction of sp³-hybridized carbons (Fsp3) is 0.300. The number of benzene rings is 2. The molecule has 6 heteroatoms. The van der Waals surface area contributed by atoms with Gasteiger partial charge in [0.05, 0.1) is 0 Å². The van der Waals surface area contributed by atoms with E-state index in [-0.39, 0.29) is 23.8 Å². The van der Waals surface area contributed by atoms with Crippen LogP contribution in [0.15, 0.2) is 46.9 Å². The molecule has 0 fully saturated rings. The highest BCUT2D eigenvalue weighted by Crippen LogP contribution is 2.33. The van der Waals surface area contributed by atoms with E-state index in [9.17, 15) is 9.59 Å². The second-order valence-corrected chi connectivity index (χ2v) is 7.80. The number of halogens is 1. The number of rotatable bonds is 5. The molecule has 2 rings (SSSR count). The molecule has 2 amide bonds. The van der Waals surface area contributed by atoms with E-state index < -0.39 is 0 Å². The van der Waals surface area contributed by atoms with Crippen molar-refractivity contribution in [1.29, 1.82) is 0 Å². The van der Waals surface area contributed by atoms with Crippen LogP contribution in [0.2, 0.25) is 0 Å². The molecule has 0 saturated heterocycles. The first-order valence-corrected chi connectivity index (χ1v) is 9.05. The van der Waals surface area contributed by atoms with Crippen LogP contribution in [0.4, 0.5) is 5.69 Å². The monoisotopic (exact) mass is 418 g/mol. The Kier molecular flexibility index (Phi) is 6.42. The van der Waals surface area contributed by atoms with Crippen molar-refractivity contribution in [2.24, 2.45) is 0 Å². The second kappa shape index (κ2) is 8.36.